The molecule has 2 aromatic carbocycles. The lowest BCUT2D eigenvalue weighted by Crippen LogP contribution is -2.48. The minimum Gasteiger partial charge on any atom is -0.351 e. The summed E-state index contributed by atoms with van der Waals surface area (Å²) in [5.74, 6) is -1.41. The van der Waals surface area contributed by atoms with E-state index in [0.29, 0.717) is 30.8 Å². The van der Waals surface area contributed by atoms with Crippen molar-refractivity contribution in [2.75, 3.05) is 39.3 Å². The van der Waals surface area contributed by atoms with Crippen LogP contribution in [-0.4, -0.2) is 55.0 Å². The monoisotopic (exact) mass is 377 g/mol. The molecule has 27 heavy (non-hydrogen) atoms. The summed E-state index contributed by atoms with van der Waals surface area (Å²) in [5.41, 5.74) is 0.799. The van der Waals surface area contributed by atoms with Crippen LogP contribution in [0.15, 0.2) is 42.5 Å². The Kier molecular flexibility index (Phi) is 6.47. The summed E-state index contributed by atoms with van der Waals surface area (Å²) in [6.45, 7) is 4.68. The number of carbonyl (C=O) groups excluding carboxylic acids is 1. The molecule has 0 saturated carbocycles. The van der Waals surface area contributed by atoms with Gasteiger partial charge in [0.2, 0.25) is 0 Å². The molecule has 0 aromatic heterocycles. The van der Waals surface area contributed by atoms with Crippen LogP contribution < -0.4 is 5.32 Å². The molecule has 0 radical (unpaired) electrons. The number of carbonyl (C=O) groups is 1. The van der Waals surface area contributed by atoms with Crippen LogP contribution in [0.3, 0.4) is 0 Å². The summed E-state index contributed by atoms with van der Waals surface area (Å²) in [6.07, 6.45) is 0. The highest BCUT2D eigenvalue weighted by Gasteiger charge is 2.18. The molecule has 0 atom stereocenters. The van der Waals surface area contributed by atoms with Gasteiger partial charge in [-0.05, 0) is 42.5 Å². The SMILES string of the molecule is O=C(NCCN1CCN(Cc2cc(F)ccc2F)CC1)c1ccc(F)cc1. The van der Waals surface area contributed by atoms with Gasteiger partial charge in [0.05, 0.1) is 0 Å². The fraction of sp³-hybridized carbons (Fsp3) is 0.350. The maximum atomic E-state index is 13.7. The van der Waals surface area contributed by atoms with Gasteiger partial charge in [0.25, 0.3) is 5.91 Å². The molecule has 2 aromatic rings. The standard InChI is InChI=1S/C20H22F3N3O/c21-17-3-1-15(2-4-17)20(27)24-7-8-25-9-11-26(12-10-25)14-16-13-18(22)5-6-19(16)23/h1-6,13H,7-12,14H2,(H,24,27). The Morgan fingerprint density at radius 2 is 1.52 bits per heavy atom. The summed E-state index contributed by atoms with van der Waals surface area (Å²) in [6, 6.07) is 8.95. The van der Waals surface area contributed by atoms with E-state index < -0.39 is 5.82 Å². The number of piperazine rings is 1. The van der Waals surface area contributed by atoms with Crippen molar-refractivity contribution >= 4 is 5.91 Å². The quantitative estimate of drug-likeness (QED) is 0.841. The number of hydrogen-bond donors (Lipinski definition) is 1. The average molecular weight is 377 g/mol. The van der Waals surface area contributed by atoms with Crippen molar-refractivity contribution in [2.45, 2.75) is 6.54 Å². The molecule has 1 aliphatic heterocycles. The number of amides is 1. The van der Waals surface area contributed by atoms with E-state index in [1.807, 2.05) is 0 Å². The van der Waals surface area contributed by atoms with E-state index in [1.54, 1.807) is 0 Å². The van der Waals surface area contributed by atoms with Gasteiger partial charge in [0.1, 0.15) is 17.5 Å². The van der Waals surface area contributed by atoms with Crippen LogP contribution in [0.5, 0.6) is 0 Å². The normalized spacial score (nSPS) is 15.7. The topological polar surface area (TPSA) is 35.6 Å². The summed E-state index contributed by atoms with van der Waals surface area (Å²) < 4.78 is 39.9. The molecule has 4 nitrogen and oxygen atoms in total. The van der Waals surface area contributed by atoms with Gasteiger partial charge >= 0.3 is 0 Å². The second-order valence-corrected chi connectivity index (χ2v) is 6.62. The van der Waals surface area contributed by atoms with Crippen LogP contribution in [0.25, 0.3) is 0 Å². The molecule has 0 spiro atoms. The highest BCUT2D eigenvalue weighted by Crippen LogP contribution is 2.14. The van der Waals surface area contributed by atoms with Gasteiger partial charge in [0.15, 0.2) is 0 Å². The number of nitrogens with one attached hydrogen (secondary N) is 1. The molecule has 1 saturated heterocycles. The molecule has 0 unspecified atom stereocenters. The first-order valence-corrected chi connectivity index (χ1v) is 8.93. The average Bonchev–Trinajstić information content (AvgIpc) is 2.66. The van der Waals surface area contributed by atoms with E-state index in [-0.39, 0.29) is 17.5 Å². The molecule has 0 bridgehead atoms. The van der Waals surface area contributed by atoms with Crippen LogP contribution in [0.2, 0.25) is 0 Å². The largest absolute Gasteiger partial charge is 0.351 e. The molecule has 3 rings (SSSR count). The summed E-state index contributed by atoms with van der Waals surface area (Å²) in [4.78, 5) is 16.3. The Balaban J connectivity index is 1.39. The molecule has 1 fully saturated rings. The lowest BCUT2D eigenvalue weighted by atomic mass is 10.1. The zero-order valence-corrected chi connectivity index (χ0v) is 14.9. The van der Waals surface area contributed by atoms with Crippen molar-refractivity contribution < 1.29 is 18.0 Å². The number of nitrogens with zero attached hydrogens (tertiary/aromatic N) is 2. The van der Waals surface area contributed by atoms with E-state index >= 15 is 0 Å². The van der Waals surface area contributed by atoms with E-state index in [0.717, 1.165) is 38.3 Å². The third-order valence-corrected chi connectivity index (χ3v) is 4.69. The molecule has 1 N–H and O–H groups in total. The van der Waals surface area contributed by atoms with Gasteiger partial charge in [-0.2, -0.15) is 0 Å². The zero-order valence-electron chi connectivity index (χ0n) is 14.9. The van der Waals surface area contributed by atoms with Gasteiger partial charge in [0, 0.05) is 56.9 Å². The first kappa shape index (κ1) is 19.4. The van der Waals surface area contributed by atoms with Gasteiger partial charge in [-0.1, -0.05) is 0 Å². The minimum atomic E-state index is -0.429. The van der Waals surface area contributed by atoms with Gasteiger partial charge in [-0.25, -0.2) is 13.2 Å². The van der Waals surface area contributed by atoms with Crippen LogP contribution in [0, 0.1) is 17.5 Å². The van der Waals surface area contributed by atoms with Crippen LogP contribution in [0.1, 0.15) is 15.9 Å². The predicted octanol–water partition coefficient (Wildman–Crippen LogP) is 2.65. The van der Waals surface area contributed by atoms with Crippen LogP contribution in [-0.2, 0) is 6.54 Å². The lowest BCUT2D eigenvalue weighted by molar-refractivity contribution is 0.0933. The summed E-state index contributed by atoms with van der Waals surface area (Å²) >= 11 is 0. The fourth-order valence-corrected chi connectivity index (χ4v) is 3.11. The number of hydrogen-bond acceptors (Lipinski definition) is 3. The van der Waals surface area contributed by atoms with Crippen molar-refractivity contribution in [3.05, 3.63) is 71.0 Å². The molecule has 1 aliphatic rings. The first-order chi connectivity index (χ1) is 13.0. The molecular weight excluding hydrogens is 355 g/mol. The molecule has 1 amide bonds. The Morgan fingerprint density at radius 3 is 2.22 bits per heavy atom. The third kappa shape index (κ3) is 5.55. The molecule has 0 aliphatic carbocycles. The number of halogens is 3. The maximum absolute atomic E-state index is 13.7. The Hall–Kier alpha value is -2.38. The Labute approximate surface area is 156 Å². The molecule has 144 valence electrons. The second kappa shape index (κ2) is 9.01. The highest BCUT2D eigenvalue weighted by molar-refractivity contribution is 5.94. The molecule has 1 heterocycles. The van der Waals surface area contributed by atoms with Crippen molar-refractivity contribution in [3.8, 4) is 0 Å². The molecule has 7 heteroatoms. The fourth-order valence-electron chi connectivity index (χ4n) is 3.11. The highest BCUT2D eigenvalue weighted by atomic mass is 19.1. The van der Waals surface area contributed by atoms with Crippen LogP contribution in [0.4, 0.5) is 13.2 Å². The zero-order chi connectivity index (χ0) is 19.2. The van der Waals surface area contributed by atoms with E-state index in [2.05, 4.69) is 15.1 Å². The van der Waals surface area contributed by atoms with Crippen molar-refractivity contribution in [1.29, 1.82) is 0 Å². The van der Waals surface area contributed by atoms with E-state index in [1.165, 1.54) is 30.3 Å². The lowest BCUT2D eigenvalue weighted by Gasteiger charge is -2.34. The smallest absolute Gasteiger partial charge is 0.251 e. The van der Waals surface area contributed by atoms with E-state index in [4.69, 9.17) is 0 Å². The second-order valence-electron chi connectivity index (χ2n) is 6.62. The summed E-state index contributed by atoms with van der Waals surface area (Å²) in [5, 5.41) is 2.82. The van der Waals surface area contributed by atoms with Crippen molar-refractivity contribution in [2.24, 2.45) is 0 Å². The number of benzene rings is 2. The Bertz CT molecular complexity index is 775. The maximum Gasteiger partial charge on any atom is 0.251 e. The number of rotatable bonds is 6. The van der Waals surface area contributed by atoms with E-state index in [9.17, 15) is 18.0 Å². The third-order valence-electron chi connectivity index (χ3n) is 4.69. The Morgan fingerprint density at radius 1 is 0.889 bits per heavy atom. The first-order valence-electron chi connectivity index (χ1n) is 8.93. The predicted molar refractivity (Wildman–Crippen MR) is 96.8 cm³/mol. The summed E-state index contributed by atoms with van der Waals surface area (Å²) in [7, 11) is 0. The van der Waals surface area contributed by atoms with Gasteiger partial charge < -0.3 is 5.32 Å². The van der Waals surface area contributed by atoms with Gasteiger partial charge in [-0.15, -0.1) is 0 Å². The van der Waals surface area contributed by atoms with Crippen molar-refractivity contribution in [3.63, 3.8) is 0 Å². The van der Waals surface area contributed by atoms with Gasteiger partial charge in [-0.3, -0.25) is 14.6 Å². The van der Waals surface area contributed by atoms with Crippen LogP contribution >= 0.6 is 0 Å². The van der Waals surface area contributed by atoms with Crippen molar-refractivity contribution in [1.82, 2.24) is 15.1 Å². The minimum absolute atomic E-state index is 0.227. The molecular formula is C20H22F3N3O.